The highest BCUT2D eigenvalue weighted by atomic mass is 32.2. The molecular formula is C18H25N5O5S2. The molecule has 1 aromatic heterocycles. The summed E-state index contributed by atoms with van der Waals surface area (Å²) in [4.78, 5) is 15.3. The van der Waals surface area contributed by atoms with Gasteiger partial charge in [-0.3, -0.25) is 4.79 Å². The van der Waals surface area contributed by atoms with Crippen molar-refractivity contribution in [3.63, 3.8) is 0 Å². The van der Waals surface area contributed by atoms with Crippen LogP contribution in [0.3, 0.4) is 0 Å². The van der Waals surface area contributed by atoms with Crippen molar-refractivity contribution in [3.8, 4) is 0 Å². The summed E-state index contributed by atoms with van der Waals surface area (Å²) in [5.41, 5.74) is 0.500. The quantitative estimate of drug-likeness (QED) is 0.711. The number of anilines is 1. The van der Waals surface area contributed by atoms with E-state index in [1.54, 1.807) is 18.5 Å². The molecule has 2 heterocycles. The Bertz CT molecular complexity index is 1120. The average molecular weight is 456 g/mol. The summed E-state index contributed by atoms with van der Waals surface area (Å²) in [5.74, 6) is 0.331. The van der Waals surface area contributed by atoms with Gasteiger partial charge < -0.3 is 9.88 Å². The second kappa shape index (κ2) is 8.46. The van der Waals surface area contributed by atoms with E-state index in [1.165, 1.54) is 46.0 Å². The first-order valence-electron chi connectivity index (χ1n) is 9.40. The van der Waals surface area contributed by atoms with Gasteiger partial charge in [-0.15, -0.1) is 0 Å². The van der Waals surface area contributed by atoms with Crippen molar-refractivity contribution in [3.05, 3.63) is 36.3 Å². The van der Waals surface area contributed by atoms with Crippen LogP contribution in [-0.2, 0) is 31.9 Å². The van der Waals surface area contributed by atoms with Gasteiger partial charge in [0, 0.05) is 52.0 Å². The largest absolute Gasteiger partial charge is 0.337 e. The highest BCUT2D eigenvalue weighted by Gasteiger charge is 2.33. The first kappa shape index (κ1) is 22.4. The molecule has 0 radical (unpaired) electrons. The van der Waals surface area contributed by atoms with Crippen LogP contribution in [0.25, 0.3) is 0 Å². The lowest BCUT2D eigenvalue weighted by molar-refractivity contribution is -0.114. The van der Waals surface area contributed by atoms with Crippen LogP contribution in [0.2, 0.25) is 0 Å². The number of hydrogen-bond donors (Lipinski definition) is 1. The molecule has 1 amide bonds. The topological polar surface area (TPSA) is 122 Å². The van der Waals surface area contributed by atoms with E-state index in [2.05, 4.69) is 10.3 Å². The average Bonchev–Trinajstić information content (AvgIpc) is 2.87. The van der Waals surface area contributed by atoms with Gasteiger partial charge in [-0.25, -0.2) is 21.8 Å². The van der Waals surface area contributed by atoms with Gasteiger partial charge in [0.1, 0.15) is 5.82 Å². The fraction of sp³-hybridized carbons (Fsp3) is 0.444. The van der Waals surface area contributed by atoms with E-state index in [1.807, 2.05) is 0 Å². The number of benzene rings is 1. The predicted octanol–water partition coefficient (Wildman–Crippen LogP) is 0.772. The van der Waals surface area contributed by atoms with Crippen LogP contribution in [0, 0.1) is 6.92 Å². The van der Waals surface area contributed by atoms with Gasteiger partial charge in [0.15, 0.2) is 5.03 Å². The number of rotatable bonds is 5. The second-order valence-electron chi connectivity index (χ2n) is 7.10. The number of nitrogens with one attached hydrogen (secondary N) is 1. The number of aromatic nitrogens is 2. The maximum Gasteiger partial charge on any atom is 0.262 e. The minimum atomic E-state index is -3.80. The van der Waals surface area contributed by atoms with Crippen LogP contribution in [0.1, 0.15) is 19.2 Å². The van der Waals surface area contributed by atoms with Gasteiger partial charge in [0.25, 0.3) is 10.0 Å². The molecule has 1 aromatic carbocycles. The summed E-state index contributed by atoms with van der Waals surface area (Å²) in [6.07, 6.45) is 1.83. The van der Waals surface area contributed by atoms with E-state index in [9.17, 15) is 21.6 Å². The van der Waals surface area contributed by atoms with Crippen molar-refractivity contribution in [2.75, 3.05) is 31.5 Å². The van der Waals surface area contributed by atoms with Gasteiger partial charge in [-0.2, -0.15) is 8.61 Å². The molecule has 0 aliphatic carbocycles. The molecule has 164 valence electrons. The molecule has 0 atom stereocenters. The Morgan fingerprint density at radius 2 is 1.53 bits per heavy atom. The normalized spacial score (nSPS) is 16.9. The molecule has 0 spiro atoms. The number of carbonyl (C=O) groups is 1. The van der Waals surface area contributed by atoms with Crippen molar-refractivity contribution in [1.82, 2.24) is 18.2 Å². The van der Waals surface area contributed by atoms with Crippen molar-refractivity contribution in [2.24, 2.45) is 7.05 Å². The zero-order valence-electron chi connectivity index (χ0n) is 17.1. The summed E-state index contributed by atoms with van der Waals surface area (Å²) in [6.45, 7) is 3.59. The number of amides is 1. The molecule has 12 heteroatoms. The van der Waals surface area contributed by atoms with E-state index >= 15 is 0 Å². The first-order chi connectivity index (χ1) is 14.0. The van der Waals surface area contributed by atoms with E-state index in [0.717, 1.165) is 0 Å². The van der Waals surface area contributed by atoms with Crippen molar-refractivity contribution < 1.29 is 21.6 Å². The monoisotopic (exact) mass is 455 g/mol. The summed E-state index contributed by atoms with van der Waals surface area (Å²) < 4.78 is 56.0. The Labute approximate surface area is 176 Å². The molecule has 0 bridgehead atoms. The molecule has 1 fully saturated rings. The van der Waals surface area contributed by atoms with Crippen LogP contribution in [-0.4, -0.2) is 67.1 Å². The molecule has 0 saturated carbocycles. The standard InChI is InChI=1S/C18H25N5O5S2/c1-14-19-18(13-21(14)3)30(27,28)23-10-4-9-22(11-12-23)29(25,26)17-7-5-16(6-8-17)20-15(2)24/h5-8,13H,4,9-12H2,1-3H3,(H,20,24). The molecule has 1 aliphatic rings. The molecule has 3 rings (SSSR count). The fourth-order valence-electron chi connectivity index (χ4n) is 3.20. The lowest BCUT2D eigenvalue weighted by Crippen LogP contribution is -2.37. The van der Waals surface area contributed by atoms with Crippen LogP contribution < -0.4 is 5.32 Å². The third-order valence-electron chi connectivity index (χ3n) is 4.92. The summed E-state index contributed by atoms with van der Waals surface area (Å²) >= 11 is 0. The van der Waals surface area contributed by atoms with Gasteiger partial charge in [-0.1, -0.05) is 0 Å². The first-order valence-corrected chi connectivity index (χ1v) is 12.3. The zero-order valence-corrected chi connectivity index (χ0v) is 18.7. The number of hydrogen-bond acceptors (Lipinski definition) is 6. The molecule has 1 saturated heterocycles. The molecule has 10 nitrogen and oxygen atoms in total. The molecular weight excluding hydrogens is 430 g/mol. The summed E-state index contributed by atoms with van der Waals surface area (Å²) in [5, 5.41) is 2.55. The number of carbonyl (C=O) groups excluding carboxylic acids is 1. The van der Waals surface area contributed by atoms with Gasteiger partial charge in [-0.05, 0) is 37.6 Å². The van der Waals surface area contributed by atoms with Crippen molar-refractivity contribution in [2.45, 2.75) is 30.2 Å². The second-order valence-corrected chi connectivity index (χ2v) is 10.9. The Kier molecular flexibility index (Phi) is 6.32. The Morgan fingerprint density at radius 1 is 0.967 bits per heavy atom. The number of aryl methyl sites for hydroxylation is 2. The number of sulfonamides is 2. The molecule has 30 heavy (non-hydrogen) atoms. The Hall–Kier alpha value is -2.28. The lowest BCUT2D eigenvalue weighted by atomic mass is 10.3. The highest BCUT2D eigenvalue weighted by Crippen LogP contribution is 2.22. The van der Waals surface area contributed by atoms with Gasteiger partial charge >= 0.3 is 0 Å². The minimum absolute atomic E-state index is 0.0348. The van der Waals surface area contributed by atoms with Crippen LogP contribution in [0.15, 0.2) is 40.4 Å². The van der Waals surface area contributed by atoms with Crippen LogP contribution in [0.4, 0.5) is 5.69 Å². The van der Waals surface area contributed by atoms with Crippen molar-refractivity contribution in [1.29, 1.82) is 0 Å². The fourth-order valence-corrected chi connectivity index (χ4v) is 6.16. The van der Waals surface area contributed by atoms with Crippen molar-refractivity contribution >= 4 is 31.6 Å². The summed E-state index contributed by atoms with van der Waals surface area (Å²) in [7, 11) is -5.87. The van der Waals surface area contributed by atoms with Crippen LogP contribution >= 0.6 is 0 Å². The van der Waals surface area contributed by atoms with E-state index < -0.39 is 20.0 Å². The third-order valence-corrected chi connectivity index (χ3v) is 8.60. The zero-order chi connectivity index (χ0) is 22.1. The molecule has 2 aromatic rings. The van der Waals surface area contributed by atoms with E-state index in [0.29, 0.717) is 17.9 Å². The number of imidazole rings is 1. The SMILES string of the molecule is CC(=O)Nc1ccc(S(=O)(=O)N2CCCN(S(=O)(=O)c3cn(C)c(C)n3)CC2)cc1. The van der Waals surface area contributed by atoms with Crippen LogP contribution in [0.5, 0.6) is 0 Å². The highest BCUT2D eigenvalue weighted by molar-refractivity contribution is 7.89. The third kappa shape index (κ3) is 4.56. The Balaban J connectivity index is 1.76. The maximum atomic E-state index is 13.0. The number of nitrogens with zero attached hydrogens (tertiary/aromatic N) is 4. The molecule has 1 N–H and O–H groups in total. The Morgan fingerprint density at radius 3 is 2.03 bits per heavy atom. The summed E-state index contributed by atoms with van der Waals surface area (Å²) in [6, 6.07) is 5.89. The minimum Gasteiger partial charge on any atom is -0.337 e. The predicted molar refractivity (Wildman–Crippen MR) is 111 cm³/mol. The van der Waals surface area contributed by atoms with Gasteiger partial charge in [0.2, 0.25) is 15.9 Å². The van der Waals surface area contributed by atoms with E-state index in [-0.39, 0.29) is 42.0 Å². The molecule has 1 aliphatic heterocycles. The maximum absolute atomic E-state index is 13.0. The molecule has 0 unspecified atom stereocenters. The lowest BCUT2D eigenvalue weighted by Gasteiger charge is -2.21. The van der Waals surface area contributed by atoms with Gasteiger partial charge in [0.05, 0.1) is 4.90 Å². The van der Waals surface area contributed by atoms with E-state index in [4.69, 9.17) is 0 Å². The smallest absolute Gasteiger partial charge is 0.262 e.